The van der Waals surface area contributed by atoms with Crippen LogP contribution in [-0.4, -0.2) is 50.3 Å². The molecule has 94 valence electrons. The first-order valence-electron chi connectivity index (χ1n) is 6.92. The van der Waals surface area contributed by atoms with E-state index in [4.69, 9.17) is 4.74 Å². The Hall–Kier alpha value is -0.120. The molecule has 0 aromatic rings. The first-order valence-corrected chi connectivity index (χ1v) is 6.92. The number of nitrogens with zero attached hydrogens (tertiary/aromatic N) is 1. The molecule has 0 unspecified atom stereocenters. The van der Waals surface area contributed by atoms with Crippen LogP contribution in [0, 0.1) is 5.92 Å². The Labute approximate surface area is 99.5 Å². The average Bonchev–Trinajstić information content (AvgIpc) is 3.11. The van der Waals surface area contributed by atoms with Crippen molar-refractivity contribution < 1.29 is 4.74 Å². The topological polar surface area (TPSA) is 24.5 Å². The smallest absolute Gasteiger partial charge is 0.0593 e. The summed E-state index contributed by atoms with van der Waals surface area (Å²) in [4.78, 5) is 2.54. The third-order valence-corrected chi connectivity index (χ3v) is 3.68. The van der Waals surface area contributed by atoms with Crippen LogP contribution in [0.15, 0.2) is 0 Å². The quantitative estimate of drug-likeness (QED) is 0.666. The molecule has 2 fully saturated rings. The lowest BCUT2D eigenvalue weighted by Crippen LogP contribution is -2.43. The van der Waals surface area contributed by atoms with E-state index in [1.54, 1.807) is 0 Å². The minimum atomic E-state index is 0.758. The summed E-state index contributed by atoms with van der Waals surface area (Å²) in [5, 5.41) is 3.54. The monoisotopic (exact) mass is 226 g/mol. The highest BCUT2D eigenvalue weighted by molar-refractivity contribution is 4.76. The number of hydrogen-bond donors (Lipinski definition) is 1. The lowest BCUT2D eigenvalue weighted by atomic mass is 10.1. The van der Waals surface area contributed by atoms with E-state index in [9.17, 15) is 0 Å². The van der Waals surface area contributed by atoms with Crippen molar-refractivity contribution in [2.24, 2.45) is 5.92 Å². The minimum Gasteiger partial charge on any atom is -0.380 e. The molecular weight excluding hydrogens is 200 g/mol. The molecule has 1 saturated carbocycles. The third-order valence-electron chi connectivity index (χ3n) is 3.68. The van der Waals surface area contributed by atoms with Crippen molar-refractivity contribution >= 4 is 0 Å². The fourth-order valence-corrected chi connectivity index (χ4v) is 2.38. The van der Waals surface area contributed by atoms with Gasteiger partial charge >= 0.3 is 0 Å². The summed E-state index contributed by atoms with van der Waals surface area (Å²) >= 11 is 0. The number of rotatable bonds is 7. The Morgan fingerprint density at radius 1 is 1.19 bits per heavy atom. The van der Waals surface area contributed by atoms with Crippen molar-refractivity contribution in [1.82, 2.24) is 10.2 Å². The van der Waals surface area contributed by atoms with Gasteiger partial charge in [-0.1, -0.05) is 6.92 Å². The SMILES string of the molecule is CCNC1CCN(CCOCC2CC2)CC1. The average molecular weight is 226 g/mol. The predicted octanol–water partition coefficient (Wildman–Crippen LogP) is 1.49. The summed E-state index contributed by atoms with van der Waals surface area (Å²) in [6, 6.07) is 0.758. The lowest BCUT2D eigenvalue weighted by molar-refractivity contribution is 0.0858. The maximum Gasteiger partial charge on any atom is 0.0593 e. The molecular formula is C13H26N2O. The Kier molecular flexibility index (Phi) is 5.07. The second kappa shape index (κ2) is 6.58. The van der Waals surface area contributed by atoms with E-state index in [-0.39, 0.29) is 0 Å². The molecule has 0 aromatic carbocycles. The summed E-state index contributed by atoms with van der Waals surface area (Å²) in [7, 11) is 0. The highest BCUT2D eigenvalue weighted by atomic mass is 16.5. The third kappa shape index (κ3) is 4.40. The van der Waals surface area contributed by atoms with E-state index < -0.39 is 0 Å². The second-order valence-electron chi connectivity index (χ2n) is 5.19. The van der Waals surface area contributed by atoms with Gasteiger partial charge in [0.25, 0.3) is 0 Å². The summed E-state index contributed by atoms with van der Waals surface area (Å²) < 4.78 is 5.68. The molecule has 1 aliphatic carbocycles. The van der Waals surface area contributed by atoms with Crippen molar-refractivity contribution in [2.75, 3.05) is 39.4 Å². The summed E-state index contributed by atoms with van der Waals surface area (Å²) in [5.41, 5.74) is 0. The molecule has 1 heterocycles. The van der Waals surface area contributed by atoms with Crippen LogP contribution in [0.4, 0.5) is 0 Å². The van der Waals surface area contributed by atoms with Crippen LogP contribution < -0.4 is 5.32 Å². The van der Waals surface area contributed by atoms with Crippen molar-refractivity contribution in [3.63, 3.8) is 0 Å². The van der Waals surface area contributed by atoms with E-state index in [0.717, 1.165) is 38.3 Å². The van der Waals surface area contributed by atoms with Crippen LogP contribution in [0.3, 0.4) is 0 Å². The van der Waals surface area contributed by atoms with Gasteiger partial charge < -0.3 is 15.0 Å². The van der Waals surface area contributed by atoms with Gasteiger partial charge in [0.2, 0.25) is 0 Å². The highest BCUT2D eigenvalue weighted by Crippen LogP contribution is 2.28. The number of piperidine rings is 1. The van der Waals surface area contributed by atoms with Crippen molar-refractivity contribution in [3.8, 4) is 0 Å². The van der Waals surface area contributed by atoms with Crippen LogP contribution in [0.25, 0.3) is 0 Å². The first kappa shape index (κ1) is 12.3. The molecule has 1 N–H and O–H groups in total. The van der Waals surface area contributed by atoms with Gasteiger partial charge in [-0.2, -0.15) is 0 Å². The Balaban J connectivity index is 1.47. The van der Waals surface area contributed by atoms with Gasteiger partial charge in [-0.3, -0.25) is 0 Å². The fraction of sp³-hybridized carbons (Fsp3) is 1.00. The molecule has 0 bridgehead atoms. The zero-order valence-corrected chi connectivity index (χ0v) is 10.6. The van der Waals surface area contributed by atoms with Crippen LogP contribution in [0.2, 0.25) is 0 Å². The zero-order chi connectivity index (χ0) is 11.2. The van der Waals surface area contributed by atoms with Gasteiger partial charge in [-0.25, -0.2) is 0 Å². The summed E-state index contributed by atoms with van der Waals surface area (Å²) in [6.45, 7) is 8.85. The zero-order valence-electron chi connectivity index (χ0n) is 10.6. The van der Waals surface area contributed by atoms with Crippen LogP contribution in [-0.2, 0) is 4.74 Å². The molecule has 3 heteroatoms. The van der Waals surface area contributed by atoms with E-state index in [2.05, 4.69) is 17.1 Å². The normalized spacial score (nSPS) is 23.8. The molecule has 0 aromatic heterocycles. The van der Waals surface area contributed by atoms with Crippen LogP contribution in [0.1, 0.15) is 32.6 Å². The standard InChI is InChI=1S/C13H26N2O/c1-2-14-13-5-7-15(8-6-13)9-10-16-11-12-3-4-12/h12-14H,2-11H2,1H3. The van der Waals surface area contributed by atoms with E-state index >= 15 is 0 Å². The number of likely N-dealkylation sites (tertiary alicyclic amines) is 1. The Morgan fingerprint density at radius 3 is 2.56 bits per heavy atom. The molecule has 0 spiro atoms. The molecule has 0 radical (unpaired) electrons. The van der Waals surface area contributed by atoms with Crippen molar-refractivity contribution in [1.29, 1.82) is 0 Å². The molecule has 1 aliphatic heterocycles. The molecule has 16 heavy (non-hydrogen) atoms. The second-order valence-corrected chi connectivity index (χ2v) is 5.19. The molecule has 1 saturated heterocycles. The molecule has 3 nitrogen and oxygen atoms in total. The van der Waals surface area contributed by atoms with E-state index in [1.807, 2.05) is 0 Å². The van der Waals surface area contributed by atoms with Gasteiger partial charge in [-0.05, 0) is 51.2 Å². The summed E-state index contributed by atoms with van der Waals surface area (Å²) in [5.74, 6) is 0.902. The van der Waals surface area contributed by atoms with Gasteiger partial charge in [0.1, 0.15) is 0 Å². The van der Waals surface area contributed by atoms with Gasteiger partial charge in [-0.15, -0.1) is 0 Å². The van der Waals surface area contributed by atoms with Gasteiger partial charge in [0.05, 0.1) is 6.61 Å². The lowest BCUT2D eigenvalue weighted by Gasteiger charge is -2.32. The van der Waals surface area contributed by atoms with E-state index in [0.29, 0.717) is 0 Å². The largest absolute Gasteiger partial charge is 0.380 e. The number of nitrogens with one attached hydrogen (secondary N) is 1. The summed E-state index contributed by atoms with van der Waals surface area (Å²) in [6.07, 6.45) is 5.40. The van der Waals surface area contributed by atoms with Crippen molar-refractivity contribution in [3.05, 3.63) is 0 Å². The Morgan fingerprint density at radius 2 is 1.94 bits per heavy atom. The highest BCUT2D eigenvalue weighted by Gasteiger charge is 2.21. The first-order chi connectivity index (χ1) is 7.88. The van der Waals surface area contributed by atoms with Gasteiger partial charge in [0.15, 0.2) is 0 Å². The van der Waals surface area contributed by atoms with Gasteiger partial charge in [0, 0.05) is 19.2 Å². The molecule has 0 amide bonds. The van der Waals surface area contributed by atoms with E-state index in [1.165, 1.54) is 38.8 Å². The fourth-order valence-electron chi connectivity index (χ4n) is 2.38. The molecule has 0 atom stereocenters. The van der Waals surface area contributed by atoms with Crippen molar-refractivity contribution in [2.45, 2.75) is 38.6 Å². The van der Waals surface area contributed by atoms with Crippen LogP contribution in [0.5, 0.6) is 0 Å². The Bertz CT molecular complexity index is 186. The molecule has 2 aliphatic rings. The predicted molar refractivity (Wildman–Crippen MR) is 66.7 cm³/mol. The minimum absolute atomic E-state index is 0.758. The number of ether oxygens (including phenoxy) is 1. The maximum atomic E-state index is 5.68. The number of hydrogen-bond acceptors (Lipinski definition) is 3. The maximum absolute atomic E-state index is 5.68. The molecule has 2 rings (SSSR count). The van der Waals surface area contributed by atoms with Crippen LogP contribution >= 0.6 is 0 Å².